The third-order valence-electron chi connectivity index (χ3n) is 3.06. The van der Waals surface area contributed by atoms with E-state index in [1.165, 1.54) is 25.1 Å². The van der Waals surface area contributed by atoms with E-state index in [9.17, 15) is 9.59 Å². The maximum Gasteiger partial charge on any atom is 0.254 e. The zero-order chi connectivity index (χ0) is 12.4. The van der Waals surface area contributed by atoms with Crippen LogP contribution in [0.5, 0.6) is 0 Å². The van der Waals surface area contributed by atoms with Crippen molar-refractivity contribution in [3.8, 4) is 0 Å². The van der Waals surface area contributed by atoms with Crippen LogP contribution in [0.2, 0.25) is 0 Å². The number of carbonyl (C=O) groups is 1. The molecule has 0 aliphatic heterocycles. The zero-order valence-corrected chi connectivity index (χ0v) is 10.3. The first-order valence-electron chi connectivity index (χ1n) is 6.07. The van der Waals surface area contributed by atoms with Crippen molar-refractivity contribution in [1.29, 1.82) is 0 Å². The highest BCUT2D eigenvalue weighted by Crippen LogP contribution is 2.30. The van der Waals surface area contributed by atoms with Gasteiger partial charge in [0.2, 0.25) is 5.56 Å². The van der Waals surface area contributed by atoms with Gasteiger partial charge in [-0.25, -0.2) is 0 Å². The lowest BCUT2D eigenvalue weighted by atomic mass is 10.2. The van der Waals surface area contributed by atoms with Crippen molar-refractivity contribution in [2.45, 2.75) is 32.7 Å². The highest BCUT2D eigenvalue weighted by atomic mass is 16.2. The predicted molar refractivity (Wildman–Crippen MR) is 66.0 cm³/mol. The lowest BCUT2D eigenvalue weighted by Gasteiger charge is -2.26. The molecule has 2 rings (SSSR count). The Bertz CT molecular complexity index is 460. The predicted octanol–water partition coefficient (Wildman–Crippen LogP) is 1.64. The van der Waals surface area contributed by atoms with Crippen molar-refractivity contribution >= 4 is 5.91 Å². The van der Waals surface area contributed by atoms with Crippen LogP contribution < -0.4 is 5.56 Å². The summed E-state index contributed by atoms with van der Waals surface area (Å²) in [5.74, 6) is 0.612. The average molecular weight is 234 g/mol. The number of nitrogens with one attached hydrogen (secondary N) is 1. The molecule has 1 heterocycles. The van der Waals surface area contributed by atoms with E-state index >= 15 is 0 Å². The number of hydrogen-bond donors (Lipinski definition) is 1. The number of pyridine rings is 1. The van der Waals surface area contributed by atoms with Crippen LogP contribution in [0.3, 0.4) is 0 Å². The Morgan fingerprint density at radius 1 is 1.53 bits per heavy atom. The molecule has 0 saturated heterocycles. The smallest absolute Gasteiger partial charge is 0.254 e. The molecule has 1 aromatic rings. The van der Waals surface area contributed by atoms with E-state index in [-0.39, 0.29) is 17.5 Å². The maximum absolute atomic E-state index is 12.3. The van der Waals surface area contributed by atoms with Crippen molar-refractivity contribution in [1.82, 2.24) is 9.88 Å². The normalized spacial score (nSPS) is 15.0. The Morgan fingerprint density at radius 3 is 2.76 bits per heavy atom. The molecule has 0 unspecified atom stereocenters. The maximum atomic E-state index is 12.3. The summed E-state index contributed by atoms with van der Waals surface area (Å²) in [5, 5.41) is 0. The number of nitrogens with zero attached hydrogens (tertiary/aromatic N) is 1. The first-order valence-corrected chi connectivity index (χ1v) is 6.07. The second kappa shape index (κ2) is 4.73. The van der Waals surface area contributed by atoms with E-state index in [1.54, 1.807) is 6.07 Å². The number of rotatable bonds is 4. The number of carbonyl (C=O) groups excluding carboxylic acids is 1. The van der Waals surface area contributed by atoms with Crippen LogP contribution in [0.25, 0.3) is 0 Å². The van der Waals surface area contributed by atoms with Gasteiger partial charge in [0.15, 0.2) is 0 Å². The zero-order valence-electron chi connectivity index (χ0n) is 10.3. The molecule has 1 saturated carbocycles. The van der Waals surface area contributed by atoms with Gasteiger partial charge in [-0.3, -0.25) is 9.59 Å². The van der Waals surface area contributed by atoms with Crippen molar-refractivity contribution < 1.29 is 4.79 Å². The second-order valence-corrected chi connectivity index (χ2v) is 4.94. The first kappa shape index (κ1) is 11.9. The first-order chi connectivity index (χ1) is 8.08. The second-order valence-electron chi connectivity index (χ2n) is 4.94. The van der Waals surface area contributed by atoms with Gasteiger partial charge >= 0.3 is 0 Å². The number of aromatic nitrogens is 1. The summed E-state index contributed by atoms with van der Waals surface area (Å²) < 4.78 is 0. The summed E-state index contributed by atoms with van der Waals surface area (Å²) in [6, 6.07) is 3.19. The summed E-state index contributed by atoms with van der Waals surface area (Å²) in [6.07, 6.45) is 3.95. The molecule has 4 heteroatoms. The molecule has 0 atom stereocenters. The van der Waals surface area contributed by atoms with Crippen molar-refractivity contribution in [2.75, 3.05) is 6.54 Å². The summed E-state index contributed by atoms with van der Waals surface area (Å²) in [6.45, 7) is 4.82. The topological polar surface area (TPSA) is 53.2 Å². The van der Waals surface area contributed by atoms with E-state index in [2.05, 4.69) is 4.98 Å². The van der Waals surface area contributed by atoms with Crippen LogP contribution >= 0.6 is 0 Å². The molecular formula is C13H18N2O2. The van der Waals surface area contributed by atoms with Gasteiger partial charge in [-0.05, 0) is 38.7 Å². The standard InChI is InChI=1S/C13H18N2O2/c1-9(2)15(8-10-3-4-10)13(17)11-5-6-14-12(16)7-11/h5-7,9-10H,3-4,8H2,1-2H3,(H,14,16). The van der Waals surface area contributed by atoms with Crippen molar-refractivity contribution in [3.63, 3.8) is 0 Å². The summed E-state index contributed by atoms with van der Waals surface area (Å²) >= 11 is 0. The molecule has 0 radical (unpaired) electrons. The largest absolute Gasteiger partial charge is 0.336 e. The molecule has 0 bridgehead atoms. The molecule has 1 aliphatic carbocycles. The van der Waals surface area contributed by atoms with E-state index in [0.717, 1.165) is 6.54 Å². The van der Waals surface area contributed by atoms with Gasteiger partial charge in [-0.1, -0.05) is 0 Å². The molecule has 1 fully saturated rings. The molecule has 1 aromatic heterocycles. The fourth-order valence-corrected chi connectivity index (χ4v) is 1.85. The van der Waals surface area contributed by atoms with Gasteiger partial charge in [0.05, 0.1) is 0 Å². The molecular weight excluding hydrogens is 216 g/mol. The Hall–Kier alpha value is -1.58. The molecule has 17 heavy (non-hydrogen) atoms. The lowest BCUT2D eigenvalue weighted by molar-refractivity contribution is 0.0696. The number of hydrogen-bond acceptors (Lipinski definition) is 2. The van der Waals surface area contributed by atoms with E-state index < -0.39 is 0 Å². The fraction of sp³-hybridized carbons (Fsp3) is 0.538. The number of amides is 1. The lowest BCUT2D eigenvalue weighted by Crippen LogP contribution is -2.38. The quantitative estimate of drug-likeness (QED) is 0.861. The number of aromatic amines is 1. The van der Waals surface area contributed by atoms with Crippen LogP contribution in [-0.2, 0) is 0 Å². The minimum absolute atomic E-state index is 0.0435. The summed E-state index contributed by atoms with van der Waals surface area (Å²) in [4.78, 5) is 27.8. The van der Waals surface area contributed by atoms with Gasteiger partial charge < -0.3 is 9.88 Å². The average Bonchev–Trinajstić information content (AvgIpc) is 3.08. The SMILES string of the molecule is CC(C)N(CC1CC1)C(=O)c1cc[nH]c(=O)c1. The summed E-state index contributed by atoms with van der Waals surface area (Å²) in [5.41, 5.74) is 0.245. The Balaban J connectivity index is 2.17. The monoisotopic (exact) mass is 234 g/mol. The Labute approximate surface area is 101 Å². The molecule has 92 valence electrons. The minimum atomic E-state index is -0.231. The van der Waals surface area contributed by atoms with Crippen LogP contribution in [-0.4, -0.2) is 28.4 Å². The van der Waals surface area contributed by atoms with Crippen LogP contribution in [0.4, 0.5) is 0 Å². The van der Waals surface area contributed by atoms with Crippen LogP contribution in [0, 0.1) is 5.92 Å². The van der Waals surface area contributed by atoms with Crippen molar-refractivity contribution in [2.24, 2.45) is 5.92 Å². The van der Waals surface area contributed by atoms with E-state index in [0.29, 0.717) is 11.5 Å². The minimum Gasteiger partial charge on any atom is -0.336 e. The van der Waals surface area contributed by atoms with Crippen LogP contribution in [0.15, 0.2) is 23.1 Å². The molecule has 0 spiro atoms. The summed E-state index contributed by atoms with van der Waals surface area (Å²) in [7, 11) is 0. The molecule has 1 aliphatic rings. The van der Waals surface area contributed by atoms with Gasteiger partial charge in [-0.2, -0.15) is 0 Å². The molecule has 0 aromatic carbocycles. The highest BCUT2D eigenvalue weighted by Gasteiger charge is 2.28. The third kappa shape index (κ3) is 2.96. The number of H-pyrrole nitrogens is 1. The van der Waals surface area contributed by atoms with Gasteiger partial charge in [0.25, 0.3) is 5.91 Å². The Kier molecular flexibility index (Phi) is 3.31. The van der Waals surface area contributed by atoms with Crippen molar-refractivity contribution in [3.05, 3.63) is 34.2 Å². The van der Waals surface area contributed by atoms with Gasteiger partial charge in [0, 0.05) is 30.4 Å². The van der Waals surface area contributed by atoms with Gasteiger partial charge in [-0.15, -0.1) is 0 Å². The van der Waals surface area contributed by atoms with E-state index in [1.807, 2.05) is 18.7 Å². The van der Waals surface area contributed by atoms with E-state index in [4.69, 9.17) is 0 Å². The molecule has 1 amide bonds. The highest BCUT2D eigenvalue weighted by molar-refractivity contribution is 5.94. The molecule has 4 nitrogen and oxygen atoms in total. The third-order valence-corrected chi connectivity index (χ3v) is 3.06. The van der Waals surface area contributed by atoms with Crippen LogP contribution in [0.1, 0.15) is 37.0 Å². The van der Waals surface area contributed by atoms with Gasteiger partial charge in [0.1, 0.15) is 0 Å². The Morgan fingerprint density at radius 2 is 2.24 bits per heavy atom. The fourth-order valence-electron chi connectivity index (χ4n) is 1.85. The molecule has 1 N–H and O–H groups in total.